The van der Waals surface area contributed by atoms with Crippen molar-refractivity contribution in [1.29, 1.82) is 0 Å². The number of aromatic nitrogens is 6. The number of rotatable bonds is 3. The van der Waals surface area contributed by atoms with Gasteiger partial charge in [-0.15, -0.1) is 0 Å². The molecule has 0 radical (unpaired) electrons. The Hall–Kier alpha value is -3.93. The minimum Gasteiger partial charge on any atom is -0.444 e. The Labute approximate surface area is 220 Å². The van der Waals surface area contributed by atoms with Crippen molar-refractivity contribution in [3.63, 3.8) is 0 Å². The number of ether oxygens (including phenoxy) is 2. The van der Waals surface area contributed by atoms with E-state index in [0.29, 0.717) is 34.2 Å². The highest BCUT2D eigenvalue weighted by Gasteiger charge is 2.18. The monoisotopic (exact) mass is 530 g/mol. The lowest BCUT2D eigenvalue weighted by Crippen LogP contribution is -2.27. The molecule has 0 aromatic carbocycles. The number of hydrogen-bond donors (Lipinski definition) is 2. The summed E-state index contributed by atoms with van der Waals surface area (Å²) in [5.74, 6) is 0.503. The average Bonchev–Trinajstić information content (AvgIpc) is 2.76. The van der Waals surface area contributed by atoms with Crippen LogP contribution in [0.5, 0.6) is 0 Å². The van der Waals surface area contributed by atoms with E-state index >= 15 is 0 Å². The molecule has 0 aliphatic rings. The van der Waals surface area contributed by atoms with Gasteiger partial charge in [-0.05, 0) is 67.0 Å². The number of amides is 2. The van der Waals surface area contributed by atoms with E-state index in [2.05, 4.69) is 40.5 Å². The van der Waals surface area contributed by atoms with Gasteiger partial charge >= 0.3 is 12.2 Å². The van der Waals surface area contributed by atoms with Crippen LogP contribution < -0.4 is 10.6 Å². The summed E-state index contributed by atoms with van der Waals surface area (Å²) in [6.45, 7) is 14.3. The first-order chi connectivity index (χ1) is 17.1. The van der Waals surface area contributed by atoms with E-state index < -0.39 is 23.4 Å². The third-order valence-electron chi connectivity index (χ3n) is 4.02. The molecule has 0 spiro atoms. The lowest BCUT2D eigenvalue weighted by Gasteiger charge is -2.20. The number of aryl methyl sites for hydroxylation is 2. The zero-order valence-electron chi connectivity index (χ0n) is 22.1. The second-order valence-corrected chi connectivity index (χ2v) is 10.0. The third kappa shape index (κ3) is 10.7. The SMILES string of the molecule is Cc1nc(-c2cncnc2)ncc1NC(=O)OC(C)(C)C.Cc1nc(Cl)ncc1NC(=O)OC(C)(C)C. The molecule has 12 nitrogen and oxygen atoms in total. The van der Waals surface area contributed by atoms with E-state index in [1.54, 1.807) is 67.8 Å². The van der Waals surface area contributed by atoms with Gasteiger partial charge in [-0.1, -0.05) is 0 Å². The standard InChI is InChI=1S/C14H17N5O2.C10H14ClN3O2/c1-9-11(19-13(20)21-14(2,3)4)7-17-12(18-9)10-5-15-8-16-6-10;1-6-7(5-12-8(11)13-6)14-9(15)16-10(2,3)4/h5-8H,1-4H3,(H,19,20);5H,1-4H3,(H,14,15). The van der Waals surface area contributed by atoms with Gasteiger partial charge in [0.05, 0.1) is 40.7 Å². The number of hydrogen-bond acceptors (Lipinski definition) is 10. The van der Waals surface area contributed by atoms with Crippen molar-refractivity contribution in [3.05, 3.63) is 47.8 Å². The van der Waals surface area contributed by atoms with Gasteiger partial charge in [0, 0.05) is 12.4 Å². The van der Waals surface area contributed by atoms with Gasteiger partial charge in [-0.2, -0.15) is 0 Å². The fraction of sp³-hybridized carbons (Fsp3) is 0.417. The molecule has 3 aromatic heterocycles. The van der Waals surface area contributed by atoms with Crippen molar-refractivity contribution in [3.8, 4) is 11.4 Å². The third-order valence-corrected chi connectivity index (χ3v) is 4.20. The van der Waals surface area contributed by atoms with Crippen LogP contribution in [-0.4, -0.2) is 53.3 Å². The minimum absolute atomic E-state index is 0.146. The molecule has 13 heteroatoms. The molecule has 0 aliphatic carbocycles. The van der Waals surface area contributed by atoms with E-state index in [1.165, 1.54) is 18.7 Å². The van der Waals surface area contributed by atoms with Crippen LogP contribution in [0.1, 0.15) is 52.9 Å². The maximum atomic E-state index is 11.7. The van der Waals surface area contributed by atoms with Gasteiger partial charge in [0.15, 0.2) is 5.82 Å². The molecule has 0 unspecified atom stereocenters. The van der Waals surface area contributed by atoms with Crippen molar-refractivity contribution in [2.75, 3.05) is 10.6 Å². The van der Waals surface area contributed by atoms with Crippen LogP contribution in [0, 0.1) is 13.8 Å². The maximum absolute atomic E-state index is 11.7. The Balaban J connectivity index is 0.000000271. The van der Waals surface area contributed by atoms with Crippen LogP contribution in [0.4, 0.5) is 21.0 Å². The topological polar surface area (TPSA) is 154 Å². The summed E-state index contributed by atoms with van der Waals surface area (Å²) in [6, 6.07) is 0. The Bertz CT molecular complexity index is 1230. The second-order valence-electron chi connectivity index (χ2n) is 9.71. The van der Waals surface area contributed by atoms with Crippen LogP contribution in [0.25, 0.3) is 11.4 Å². The van der Waals surface area contributed by atoms with E-state index in [0.717, 1.165) is 0 Å². The molecule has 0 saturated carbocycles. The number of halogens is 1. The van der Waals surface area contributed by atoms with Crippen LogP contribution in [0.2, 0.25) is 5.28 Å². The second kappa shape index (κ2) is 12.3. The van der Waals surface area contributed by atoms with Gasteiger partial charge in [0.1, 0.15) is 17.5 Å². The van der Waals surface area contributed by atoms with E-state index in [1.807, 2.05) is 0 Å². The molecule has 37 heavy (non-hydrogen) atoms. The molecule has 2 amide bonds. The Kier molecular flexibility index (Phi) is 9.78. The van der Waals surface area contributed by atoms with Gasteiger partial charge in [0.25, 0.3) is 0 Å². The summed E-state index contributed by atoms with van der Waals surface area (Å²) in [5.41, 5.74) is 1.83. The number of anilines is 2. The van der Waals surface area contributed by atoms with Crippen LogP contribution in [0.3, 0.4) is 0 Å². The van der Waals surface area contributed by atoms with Gasteiger partial charge in [-0.3, -0.25) is 10.6 Å². The molecule has 0 atom stereocenters. The molecular formula is C24H31ClN8O4. The number of nitrogens with one attached hydrogen (secondary N) is 2. The molecule has 0 saturated heterocycles. The minimum atomic E-state index is -0.555. The first-order valence-corrected chi connectivity index (χ1v) is 11.6. The van der Waals surface area contributed by atoms with Gasteiger partial charge < -0.3 is 9.47 Å². The summed E-state index contributed by atoms with van der Waals surface area (Å²) in [5, 5.41) is 5.32. The maximum Gasteiger partial charge on any atom is 0.412 e. The zero-order valence-corrected chi connectivity index (χ0v) is 22.8. The molecule has 0 fully saturated rings. The number of carbonyl (C=O) groups excluding carboxylic acids is 2. The fourth-order valence-corrected chi connectivity index (χ4v) is 2.71. The lowest BCUT2D eigenvalue weighted by molar-refractivity contribution is 0.0624. The van der Waals surface area contributed by atoms with E-state index in [4.69, 9.17) is 21.1 Å². The van der Waals surface area contributed by atoms with Gasteiger partial charge in [-0.25, -0.2) is 39.5 Å². The predicted octanol–water partition coefficient (Wildman–Crippen LogP) is 5.37. The highest BCUT2D eigenvalue weighted by Crippen LogP contribution is 2.18. The molecule has 198 valence electrons. The van der Waals surface area contributed by atoms with Crippen LogP contribution in [0.15, 0.2) is 31.1 Å². The molecule has 0 bridgehead atoms. The van der Waals surface area contributed by atoms with E-state index in [-0.39, 0.29) is 5.28 Å². The highest BCUT2D eigenvalue weighted by molar-refractivity contribution is 6.28. The Morgan fingerprint density at radius 1 is 0.757 bits per heavy atom. The quantitative estimate of drug-likeness (QED) is 0.422. The summed E-state index contributed by atoms with van der Waals surface area (Å²) in [7, 11) is 0. The molecular weight excluding hydrogens is 500 g/mol. The van der Waals surface area contributed by atoms with Crippen molar-refractivity contribution in [2.24, 2.45) is 0 Å². The number of carbonyl (C=O) groups is 2. The fourth-order valence-electron chi connectivity index (χ4n) is 2.53. The summed E-state index contributed by atoms with van der Waals surface area (Å²) < 4.78 is 10.3. The van der Waals surface area contributed by atoms with Crippen molar-refractivity contribution >= 4 is 35.2 Å². The molecule has 0 aliphatic heterocycles. The zero-order chi connectivity index (χ0) is 27.8. The number of nitrogens with zero attached hydrogens (tertiary/aromatic N) is 6. The van der Waals surface area contributed by atoms with Gasteiger partial charge in [0.2, 0.25) is 5.28 Å². The first-order valence-electron chi connectivity index (χ1n) is 11.2. The molecule has 3 aromatic rings. The molecule has 3 heterocycles. The first kappa shape index (κ1) is 29.3. The summed E-state index contributed by atoms with van der Waals surface area (Å²) in [6.07, 6.45) is 6.59. The predicted molar refractivity (Wildman–Crippen MR) is 139 cm³/mol. The molecule has 3 rings (SSSR count). The van der Waals surface area contributed by atoms with Crippen molar-refractivity contribution in [2.45, 2.75) is 66.6 Å². The largest absolute Gasteiger partial charge is 0.444 e. The summed E-state index contributed by atoms with van der Waals surface area (Å²) >= 11 is 5.59. The van der Waals surface area contributed by atoms with Crippen LogP contribution >= 0.6 is 11.6 Å². The average molecular weight is 531 g/mol. The Morgan fingerprint density at radius 2 is 1.22 bits per heavy atom. The van der Waals surface area contributed by atoms with E-state index in [9.17, 15) is 9.59 Å². The van der Waals surface area contributed by atoms with Crippen molar-refractivity contribution < 1.29 is 19.1 Å². The highest BCUT2D eigenvalue weighted by atomic mass is 35.5. The lowest BCUT2D eigenvalue weighted by atomic mass is 10.2. The molecule has 2 N–H and O–H groups in total. The normalized spacial score (nSPS) is 11.1. The van der Waals surface area contributed by atoms with Crippen LogP contribution in [-0.2, 0) is 9.47 Å². The van der Waals surface area contributed by atoms with Crippen molar-refractivity contribution in [1.82, 2.24) is 29.9 Å². The summed E-state index contributed by atoms with van der Waals surface area (Å²) in [4.78, 5) is 47.2. The Morgan fingerprint density at radius 3 is 1.65 bits per heavy atom. The smallest absolute Gasteiger partial charge is 0.412 e.